The van der Waals surface area contributed by atoms with Gasteiger partial charge in [0.2, 0.25) is 6.10 Å². The number of nitro groups is 1. The second kappa shape index (κ2) is 9.97. The van der Waals surface area contributed by atoms with Gasteiger partial charge in [-0.05, 0) is 30.3 Å². The fourth-order valence-corrected chi connectivity index (χ4v) is 2.67. The first kappa shape index (κ1) is 21.4. The Kier molecular flexibility index (Phi) is 6.89. The molecule has 0 aliphatic heterocycles. The molecule has 1 amide bonds. The quantitative estimate of drug-likeness (QED) is 0.332. The molecule has 3 aromatic carbocycles. The molecule has 9 heteroatoms. The predicted molar refractivity (Wildman–Crippen MR) is 109 cm³/mol. The van der Waals surface area contributed by atoms with Gasteiger partial charge in [-0.3, -0.25) is 14.9 Å². The Balaban J connectivity index is 1.71. The number of benzene rings is 3. The van der Waals surface area contributed by atoms with Crippen LogP contribution in [0.4, 0.5) is 15.8 Å². The van der Waals surface area contributed by atoms with Crippen molar-refractivity contribution in [3.8, 4) is 5.75 Å². The van der Waals surface area contributed by atoms with Gasteiger partial charge in [0.25, 0.3) is 5.91 Å². The van der Waals surface area contributed by atoms with Gasteiger partial charge < -0.3 is 14.8 Å². The number of halogens is 1. The van der Waals surface area contributed by atoms with Gasteiger partial charge in [0.1, 0.15) is 5.82 Å². The van der Waals surface area contributed by atoms with Crippen LogP contribution < -0.4 is 10.1 Å². The van der Waals surface area contributed by atoms with Gasteiger partial charge in [-0.25, -0.2) is 9.18 Å². The number of esters is 1. The van der Waals surface area contributed by atoms with Crippen molar-refractivity contribution in [2.75, 3.05) is 11.9 Å². The lowest BCUT2D eigenvalue weighted by Gasteiger charge is -2.18. The van der Waals surface area contributed by atoms with Crippen LogP contribution >= 0.6 is 0 Å². The van der Waals surface area contributed by atoms with Crippen LogP contribution in [-0.4, -0.2) is 23.4 Å². The summed E-state index contributed by atoms with van der Waals surface area (Å²) in [5.74, 6) is -2.12. The minimum Gasteiger partial charge on any atom is -0.475 e. The number of carbonyl (C=O) groups excluding carboxylic acids is 2. The molecule has 3 aromatic rings. The van der Waals surface area contributed by atoms with Crippen molar-refractivity contribution in [2.45, 2.75) is 6.10 Å². The smallest absolute Gasteiger partial charge is 0.345 e. The van der Waals surface area contributed by atoms with E-state index in [2.05, 4.69) is 5.32 Å². The molecule has 0 radical (unpaired) electrons. The van der Waals surface area contributed by atoms with Crippen LogP contribution in [0.25, 0.3) is 0 Å². The lowest BCUT2D eigenvalue weighted by molar-refractivity contribution is -0.385. The van der Waals surface area contributed by atoms with E-state index in [1.165, 1.54) is 48.5 Å². The minimum atomic E-state index is -1.31. The number of ether oxygens (including phenoxy) is 2. The van der Waals surface area contributed by atoms with Crippen LogP contribution in [0, 0.1) is 15.9 Å². The summed E-state index contributed by atoms with van der Waals surface area (Å²) in [5, 5.41) is 13.6. The van der Waals surface area contributed by atoms with E-state index in [9.17, 15) is 24.1 Å². The average Bonchev–Trinajstić information content (AvgIpc) is 2.78. The van der Waals surface area contributed by atoms with Crippen molar-refractivity contribution in [3.63, 3.8) is 0 Å². The number of anilines is 1. The van der Waals surface area contributed by atoms with E-state index < -0.39 is 35.3 Å². The summed E-state index contributed by atoms with van der Waals surface area (Å²) in [5.41, 5.74) is 0.421. The monoisotopic (exact) mass is 424 g/mol. The number of nitrogens with zero attached hydrogens (tertiary/aromatic N) is 1. The van der Waals surface area contributed by atoms with E-state index >= 15 is 0 Å². The summed E-state index contributed by atoms with van der Waals surface area (Å²) in [6.45, 7) is -0.641. The van der Waals surface area contributed by atoms with Gasteiger partial charge in [0.05, 0.1) is 4.92 Å². The van der Waals surface area contributed by atoms with Crippen molar-refractivity contribution in [2.24, 2.45) is 0 Å². The van der Waals surface area contributed by atoms with Crippen molar-refractivity contribution in [1.82, 2.24) is 0 Å². The first-order valence-corrected chi connectivity index (χ1v) is 9.11. The van der Waals surface area contributed by atoms with Crippen molar-refractivity contribution < 1.29 is 28.4 Å². The lowest BCUT2D eigenvalue weighted by Crippen LogP contribution is -2.28. The van der Waals surface area contributed by atoms with Gasteiger partial charge >= 0.3 is 11.7 Å². The van der Waals surface area contributed by atoms with Crippen molar-refractivity contribution in [1.29, 1.82) is 0 Å². The zero-order valence-electron chi connectivity index (χ0n) is 16.1. The average molecular weight is 424 g/mol. The van der Waals surface area contributed by atoms with Crippen LogP contribution in [0.15, 0.2) is 78.9 Å². The Morgan fingerprint density at radius 1 is 0.968 bits per heavy atom. The number of para-hydroxylation sites is 2. The van der Waals surface area contributed by atoms with Gasteiger partial charge in [-0.15, -0.1) is 0 Å². The second-order valence-electron chi connectivity index (χ2n) is 6.29. The molecule has 0 fully saturated rings. The van der Waals surface area contributed by atoms with Crippen molar-refractivity contribution in [3.05, 3.63) is 100 Å². The molecule has 0 aromatic heterocycles. The van der Waals surface area contributed by atoms with Gasteiger partial charge in [0.15, 0.2) is 12.4 Å². The Morgan fingerprint density at radius 3 is 2.29 bits per heavy atom. The third kappa shape index (κ3) is 5.86. The van der Waals surface area contributed by atoms with Crippen LogP contribution in [0.1, 0.15) is 11.7 Å². The first-order valence-electron chi connectivity index (χ1n) is 9.11. The molecule has 1 N–H and O–H groups in total. The Bertz CT molecular complexity index is 1070. The largest absolute Gasteiger partial charge is 0.475 e. The molecule has 0 saturated carbocycles. The van der Waals surface area contributed by atoms with E-state index in [-0.39, 0.29) is 11.4 Å². The highest BCUT2D eigenvalue weighted by Gasteiger charge is 2.26. The standard InChI is InChI=1S/C22H17FN2O6/c23-16-10-12-17(13-11-16)24-22(27)21(15-6-2-1-3-7-15)31-20(26)14-30-19-9-5-4-8-18(19)25(28)29/h1-13,21H,14H2,(H,24,27). The zero-order valence-corrected chi connectivity index (χ0v) is 16.1. The SMILES string of the molecule is O=C(COc1ccccc1[N+](=O)[O-])OC(C(=O)Nc1ccc(F)cc1)c1ccccc1. The van der Waals surface area contributed by atoms with E-state index in [0.29, 0.717) is 11.3 Å². The Hall–Kier alpha value is -4.27. The van der Waals surface area contributed by atoms with Gasteiger partial charge in [0, 0.05) is 17.3 Å². The van der Waals surface area contributed by atoms with Gasteiger partial charge in [-0.1, -0.05) is 42.5 Å². The third-order valence-corrected chi connectivity index (χ3v) is 4.11. The molecule has 0 aliphatic carbocycles. The Morgan fingerprint density at radius 2 is 1.61 bits per heavy atom. The van der Waals surface area contributed by atoms with Crippen molar-refractivity contribution >= 4 is 23.3 Å². The molecular weight excluding hydrogens is 407 g/mol. The highest BCUT2D eigenvalue weighted by atomic mass is 19.1. The number of nitro benzene ring substituents is 1. The van der Waals surface area contributed by atoms with E-state index in [1.54, 1.807) is 30.3 Å². The van der Waals surface area contributed by atoms with Crippen LogP contribution in [0.3, 0.4) is 0 Å². The molecule has 1 atom stereocenters. The topological polar surface area (TPSA) is 108 Å². The second-order valence-corrected chi connectivity index (χ2v) is 6.29. The lowest BCUT2D eigenvalue weighted by atomic mass is 10.1. The highest BCUT2D eigenvalue weighted by Crippen LogP contribution is 2.26. The summed E-state index contributed by atoms with van der Waals surface area (Å²) in [7, 11) is 0. The zero-order chi connectivity index (χ0) is 22.2. The maximum atomic E-state index is 13.1. The normalized spacial score (nSPS) is 11.3. The number of amides is 1. The minimum absolute atomic E-state index is 0.100. The molecule has 31 heavy (non-hydrogen) atoms. The summed E-state index contributed by atoms with van der Waals surface area (Å²) in [4.78, 5) is 35.5. The van der Waals surface area contributed by atoms with E-state index in [1.807, 2.05) is 0 Å². The molecule has 158 valence electrons. The molecule has 0 spiro atoms. The summed E-state index contributed by atoms with van der Waals surface area (Å²) < 4.78 is 23.6. The number of carbonyl (C=O) groups is 2. The maximum Gasteiger partial charge on any atom is 0.345 e. The first-order chi connectivity index (χ1) is 14.9. The molecule has 3 rings (SSSR count). The number of hydrogen-bond donors (Lipinski definition) is 1. The number of nitrogens with one attached hydrogen (secondary N) is 1. The van der Waals surface area contributed by atoms with Crippen LogP contribution in [0.2, 0.25) is 0 Å². The molecule has 1 unspecified atom stereocenters. The molecule has 0 bridgehead atoms. The predicted octanol–water partition coefficient (Wildman–Crippen LogP) is 4.04. The van der Waals surface area contributed by atoms with Crippen LogP contribution in [-0.2, 0) is 14.3 Å². The summed E-state index contributed by atoms with van der Waals surface area (Å²) in [6, 6.07) is 19.0. The molecule has 0 aliphatic rings. The summed E-state index contributed by atoms with van der Waals surface area (Å²) >= 11 is 0. The maximum absolute atomic E-state index is 13.1. The van der Waals surface area contributed by atoms with E-state index in [4.69, 9.17) is 9.47 Å². The van der Waals surface area contributed by atoms with Gasteiger partial charge in [-0.2, -0.15) is 0 Å². The summed E-state index contributed by atoms with van der Waals surface area (Å²) in [6.07, 6.45) is -1.31. The number of rotatable bonds is 8. The highest BCUT2D eigenvalue weighted by molar-refractivity contribution is 5.96. The molecule has 0 saturated heterocycles. The van der Waals surface area contributed by atoms with Crippen LogP contribution in [0.5, 0.6) is 5.75 Å². The molecular formula is C22H17FN2O6. The Labute approximate surface area is 176 Å². The fraction of sp³-hybridized carbons (Fsp3) is 0.0909. The number of hydrogen-bond acceptors (Lipinski definition) is 6. The fourth-order valence-electron chi connectivity index (χ4n) is 2.67. The van der Waals surface area contributed by atoms with E-state index in [0.717, 1.165) is 0 Å². The molecule has 0 heterocycles. The molecule has 8 nitrogen and oxygen atoms in total. The third-order valence-electron chi connectivity index (χ3n) is 4.11.